The molecule has 23 heavy (non-hydrogen) atoms. The number of benzene rings is 1. The molecule has 1 aliphatic heterocycles. The molecule has 0 saturated carbocycles. The zero-order valence-corrected chi connectivity index (χ0v) is 14.8. The molecule has 0 radical (unpaired) electrons. The van der Waals surface area contributed by atoms with Crippen molar-refractivity contribution in [3.8, 4) is 0 Å². The second-order valence-electron chi connectivity index (χ2n) is 6.30. The highest BCUT2D eigenvalue weighted by Crippen LogP contribution is 2.31. The highest BCUT2D eigenvalue weighted by atomic mass is 32.2. The van der Waals surface area contributed by atoms with Gasteiger partial charge < -0.3 is 4.57 Å². The first kappa shape index (κ1) is 16.3. The Labute approximate surface area is 138 Å². The zero-order chi connectivity index (χ0) is 16.6. The minimum Gasteiger partial charge on any atom is -0.349 e. The number of nitrogens with zero attached hydrogens (tertiary/aromatic N) is 2. The van der Waals surface area contributed by atoms with Crippen molar-refractivity contribution in [1.29, 1.82) is 0 Å². The van der Waals surface area contributed by atoms with Crippen LogP contribution in [0.4, 0.5) is 0 Å². The summed E-state index contributed by atoms with van der Waals surface area (Å²) in [6, 6.07) is 11.2. The van der Waals surface area contributed by atoms with Crippen LogP contribution in [0.15, 0.2) is 47.5 Å². The molecule has 124 valence electrons. The van der Waals surface area contributed by atoms with Crippen LogP contribution < -0.4 is 0 Å². The van der Waals surface area contributed by atoms with Crippen LogP contribution in [0.25, 0.3) is 0 Å². The molecule has 5 heteroatoms. The summed E-state index contributed by atoms with van der Waals surface area (Å²) in [7, 11) is -3.46. The Morgan fingerprint density at radius 1 is 1.17 bits per heavy atom. The maximum atomic E-state index is 13.0. The number of fused-ring (bicyclic) bond motifs is 1. The van der Waals surface area contributed by atoms with E-state index >= 15 is 0 Å². The molecule has 0 saturated heterocycles. The van der Waals surface area contributed by atoms with E-state index in [-0.39, 0.29) is 6.04 Å². The SMILES string of the molecule is CC[C@H](C)c1ccc(S(=O)(=O)N2CCn3cccc3[C@H]2C)cc1. The number of rotatable bonds is 4. The van der Waals surface area contributed by atoms with Crippen molar-refractivity contribution in [3.63, 3.8) is 0 Å². The van der Waals surface area contributed by atoms with Gasteiger partial charge in [-0.1, -0.05) is 26.0 Å². The number of aromatic nitrogens is 1. The van der Waals surface area contributed by atoms with Gasteiger partial charge in [-0.3, -0.25) is 0 Å². The summed E-state index contributed by atoms with van der Waals surface area (Å²) in [6.45, 7) is 7.47. The summed E-state index contributed by atoms with van der Waals surface area (Å²) in [5, 5.41) is 0. The Kier molecular flexibility index (Phi) is 4.34. The third kappa shape index (κ3) is 2.83. The van der Waals surface area contributed by atoms with Gasteiger partial charge in [0.05, 0.1) is 10.9 Å². The fraction of sp³-hybridized carbons (Fsp3) is 0.444. The van der Waals surface area contributed by atoms with E-state index in [9.17, 15) is 8.42 Å². The predicted molar refractivity (Wildman–Crippen MR) is 91.9 cm³/mol. The van der Waals surface area contributed by atoms with Crippen LogP contribution in [0, 0.1) is 0 Å². The van der Waals surface area contributed by atoms with Crippen molar-refractivity contribution >= 4 is 10.0 Å². The van der Waals surface area contributed by atoms with Crippen molar-refractivity contribution in [2.45, 2.75) is 50.6 Å². The van der Waals surface area contributed by atoms with Crippen LogP contribution >= 0.6 is 0 Å². The van der Waals surface area contributed by atoms with E-state index in [1.807, 2.05) is 37.4 Å². The largest absolute Gasteiger partial charge is 0.349 e. The van der Waals surface area contributed by atoms with E-state index in [4.69, 9.17) is 0 Å². The first-order valence-corrected chi connectivity index (χ1v) is 9.66. The topological polar surface area (TPSA) is 42.3 Å². The summed E-state index contributed by atoms with van der Waals surface area (Å²) in [6.07, 6.45) is 3.06. The first-order valence-electron chi connectivity index (χ1n) is 8.22. The van der Waals surface area contributed by atoms with Crippen molar-refractivity contribution in [2.75, 3.05) is 6.54 Å². The van der Waals surface area contributed by atoms with Gasteiger partial charge >= 0.3 is 0 Å². The summed E-state index contributed by atoms with van der Waals surface area (Å²) < 4.78 is 29.7. The van der Waals surface area contributed by atoms with Crippen molar-refractivity contribution in [3.05, 3.63) is 53.9 Å². The molecule has 2 aromatic rings. The van der Waals surface area contributed by atoms with Crippen molar-refractivity contribution in [1.82, 2.24) is 8.87 Å². The zero-order valence-electron chi connectivity index (χ0n) is 13.9. The summed E-state index contributed by atoms with van der Waals surface area (Å²) in [5.41, 5.74) is 2.24. The molecule has 0 amide bonds. The summed E-state index contributed by atoms with van der Waals surface area (Å²) in [4.78, 5) is 0.386. The Bertz CT molecular complexity index is 778. The molecule has 0 aliphatic carbocycles. The molecule has 2 heterocycles. The Morgan fingerprint density at radius 2 is 1.87 bits per heavy atom. The molecule has 4 nitrogen and oxygen atoms in total. The molecule has 3 rings (SSSR count). The Balaban J connectivity index is 1.90. The monoisotopic (exact) mass is 332 g/mol. The van der Waals surface area contributed by atoms with Gasteiger partial charge in [-0.2, -0.15) is 4.31 Å². The molecule has 0 bridgehead atoms. The van der Waals surface area contributed by atoms with Crippen molar-refractivity contribution < 1.29 is 8.42 Å². The van der Waals surface area contributed by atoms with Gasteiger partial charge in [-0.25, -0.2) is 8.42 Å². The third-order valence-electron chi connectivity index (χ3n) is 4.95. The lowest BCUT2D eigenvalue weighted by Gasteiger charge is -2.33. The van der Waals surface area contributed by atoms with E-state index in [2.05, 4.69) is 18.4 Å². The molecule has 0 fully saturated rings. The van der Waals surface area contributed by atoms with Gasteiger partial charge in [0.2, 0.25) is 10.0 Å². The number of hydrogen-bond donors (Lipinski definition) is 0. The van der Waals surface area contributed by atoms with Gasteiger partial charge in [-0.05, 0) is 49.1 Å². The van der Waals surface area contributed by atoms with Crippen LogP contribution in [0.3, 0.4) is 0 Å². The number of sulfonamides is 1. The highest BCUT2D eigenvalue weighted by Gasteiger charge is 2.33. The Morgan fingerprint density at radius 3 is 2.52 bits per heavy atom. The second-order valence-corrected chi connectivity index (χ2v) is 8.19. The standard InChI is InChI=1S/C18H24N2O2S/c1-4-14(2)16-7-9-17(10-8-16)23(21,22)20-13-12-19-11-5-6-18(19)15(20)3/h5-11,14-15H,4,12-13H2,1-3H3/t14-,15+/m0/s1. The Hall–Kier alpha value is -1.59. The lowest BCUT2D eigenvalue weighted by atomic mass is 9.99. The average Bonchev–Trinajstić information content (AvgIpc) is 3.04. The van der Waals surface area contributed by atoms with Crippen LogP contribution in [0.1, 0.15) is 50.4 Å². The van der Waals surface area contributed by atoms with E-state index in [1.165, 1.54) is 5.56 Å². The normalized spacial score (nSPS) is 20.2. The van der Waals surface area contributed by atoms with Crippen LogP contribution in [-0.2, 0) is 16.6 Å². The minimum atomic E-state index is -3.46. The molecule has 2 atom stereocenters. The molecular formula is C18H24N2O2S. The summed E-state index contributed by atoms with van der Waals surface area (Å²) >= 11 is 0. The van der Waals surface area contributed by atoms with Crippen LogP contribution in [0.2, 0.25) is 0 Å². The maximum Gasteiger partial charge on any atom is 0.243 e. The van der Waals surface area contributed by atoms with E-state index in [0.717, 1.165) is 12.1 Å². The quantitative estimate of drug-likeness (QED) is 0.855. The number of hydrogen-bond acceptors (Lipinski definition) is 2. The van der Waals surface area contributed by atoms with Gasteiger partial charge in [0, 0.05) is 25.0 Å². The van der Waals surface area contributed by atoms with E-state index in [1.54, 1.807) is 16.4 Å². The first-order chi connectivity index (χ1) is 10.9. The molecule has 0 N–H and O–H groups in total. The second kappa shape index (κ2) is 6.13. The maximum absolute atomic E-state index is 13.0. The van der Waals surface area contributed by atoms with Gasteiger partial charge in [0.1, 0.15) is 0 Å². The lowest BCUT2D eigenvalue weighted by molar-refractivity contribution is 0.282. The molecule has 0 unspecified atom stereocenters. The van der Waals surface area contributed by atoms with Gasteiger partial charge in [0.25, 0.3) is 0 Å². The predicted octanol–water partition coefficient (Wildman–Crippen LogP) is 3.77. The molecule has 0 spiro atoms. The molecule has 1 aliphatic rings. The smallest absolute Gasteiger partial charge is 0.243 e. The van der Waals surface area contributed by atoms with E-state index in [0.29, 0.717) is 23.9 Å². The van der Waals surface area contributed by atoms with Crippen LogP contribution in [0.5, 0.6) is 0 Å². The minimum absolute atomic E-state index is 0.141. The lowest BCUT2D eigenvalue weighted by Crippen LogP contribution is -2.40. The van der Waals surface area contributed by atoms with Gasteiger partial charge in [0.15, 0.2) is 0 Å². The molecule has 1 aromatic heterocycles. The third-order valence-corrected chi connectivity index (χ3v) is 6.94. The van der Waals surface area contributed by atoms with E-state index < -0.39 is 10.0 Å². The molecule has 1 aromatic carbocycles. The van der Waals surface area contributed by atoms with Crippen molar-refractivity contribution in [2.24, 2.45) is 0 Å². The van der Waals surface area contributed by atoms with Gasteiger partial charge in [-0.15, -0.1) is 0 Å². The van der Waals surface area contributed by atoms with Crippen LogP contribution in [-0.4, -0.2) is 23.8 Å². The average molecular weight is 332 g/mol. The fourth-order valence-corrected chi connectivity index (χ4v) is 4.82. The highest BCUT2D eigenvalue weighted by molar-refractivity contribution is 7.89. The molecular weight excluding hydrogens is 308 g/mol. The fourth-order valence-electron chi connectivity index (χ4n) is 3.23. The summed E-state index contributed by atoms with van der Waals surface area (Å²) in [5.74, 6) is 0.448.